The molecule has 3 heterocycles. The van der Waals surface area contributed by atoms with Crippen molar-refractivity contribution in [1.82, 2.24) is 15.2 Å². The van der Waals surface area contributed by atoms with Gasteiger partial charge in [0.05, 0.1) is 19.1 Å². The maximum absolute atomic E-state index is 13.4. The number of pyridine rings is 1. The van der Waals surface area contributed by atoms with E-state index in [1.165, 1.54) is 6.42 Å². The van der Waals surface area contributed by atoms with Gasteiger partial charge in [-0.25, -0.2) is 0 Å². The lowest BCUT2D eigenvalue weighted by Crippen LogP contribution is -2.44. The summed E-state index contributed by atoms with van der Waals surface area (Å²) in [4.78, 5) is 26.7. The molecule has 3 aliphatic rings. The Morgan fingerprint density at radius 1 is 1.27 bits per heavy atom. The molecule has 4 atom stereocenters. The van der Waals surface area contributed by atoms with Gasteiger partial charge in [-0.15, -0.1) is 0 Å². The number of aromatic nitrogens is 1. The first-order chi connectivity index (χ1) is 16.1. The van der Waals surface area contributed by atoms with E-state index in [0.717, 1.165) is 47.4 Å². The van der Waals surface area contributed by atoms with Gasteiger partial charge < -0.3 is 25.0 Å². The summed E-state index contributed by atoms with van der Waals surface area (Å²) in [5.41, 5.74) is 3.71. The predicted octanol–water partition coefficient (Wildman–Crippen LogP) is 2.38. The van der Waals surface area contributed by atoms with Crippen LogP contribution < -0.4 is 20.9 Å². The number of nitrogens with one attached hydrogen (secondary N) is 2. The van der Waals surface area contributed by atoms with Gasteiger partial charge in [0.25, 0.3) is 5.56 Å². The Balaban J connectivity index is 1.41. The van der Waals surface area contributed by atoms with Crippen LogP contribution in [0.3, 0.4) is 0 Å². The van der Waals surface area contributed by atoms with Crippen LogP contribution in [0.25, 0.3) is 5.57 Å². The summed E-state index contributed by atoms with van der Waals surface area (Å²) in [5.74, 6) is -0.0714. The van der Waals surface area contributed by atoms with Crippen molar-refractivity contribution in [3.63, 3.8) is 0 Å². The van der Waals surface area contributed by atoms with E-state index in [0.29, 0.717) is 13.1 Å². The molecule has 0 unspecified atom stereocenters. The minimum atomic E-state index is -0.446. The van der Waals surface area contributed by atoms with Crippen molar-refractivity contribution in [2.45, 2.75) is 50.9 Å². The Kier molecular flexibility index (Phi) is 6.08. The maximum atomic E-state index is 13.4. The first kappa shape index (κ1) is 21.9. The van der Waals surface area contributed by atoms with E-state index >= 15 is 0 Å². The minimum absolute atomic E-state index is 0.0197. The largest absolute Gasteiger partial charge is 0.497 e. The second kappa shape index (κ2) is 9.15. The molecule has 0 spiro atoms. The van der Waals surface area contributed by atoms with Gasteiger partial charge in [-0.3, -0.25) is 9.59 Å². The van der Waals surface area contributed by atoms with Crippen LogP contribution in [0, 0.1) is 11.8 Å². The first-order valence-corrected chi connectivity index (χ1v) is 11.8. The zero-order valence-corrected chi connectivity index (χ0v) is 18.9. The highest BCUT2D eigenvalue weighted by Gasteiger charge is 2.50. The van der Waals surface area contributed by atoms with Gasteiger partial charge in [0.1, 0.15) is 5.75 Å². The average molecular weight is 450 g/mol. The van der Waals surface area contributed by atoms with Crippen molar-refractivity contribution in [3.8, 4) is 5.75 Å². The fourth-order valence-corrected chi connectivity index (χ4v) is 5.67. The standard InChI is InChI=1S/C26H31N3O4/c1-33-18-9-5-6-16(12-18)13-27-25(31)23-20(15-30)21-14-29-22(24(23)28-21)11-10-19(26(29)32)17-7-3-2-4-8-17/h5-7,9-12,20-21,23-24,28,30H,2-4,8,13-15H2,1H3,(H,27,31)/t20-,21-,23+,24+/m0/s1. The Bertz CT molecular complexity index is 1140. The molecule has 2 bridgehead atoms. The van der Waals surface area contributed by atoms with Crippen molar-refractivity contribution in [3.05, 3.63) is 69.6 Å². The van der Waals surface area contributed by atoms with Gasteiger partial charge in [-0.05, 0) is 61.1 Å². The average Bonchev–Trinajstić information content (AvgIpc) is 3.16. The molecule has 1 amide bonds. The number of fused-ring (bicyclic) bond motifs is 4. The lowest BCUT2D eigenvalue weighted by Gasteiger charge is -2.28. The Hall–Kier alpha value is -2.90. The lowest BCUT2D eigenvalue weighted by atomic mass is 9.86. The van der Waals surface area contributed by atoms with Gasteiger partial charge in [0.2, 0.25) is 5.91 Å². The fraction of sp³-hybridized carbons (Fsp3) is 0.462. The number of benzene rings is 1. The van der Waals surface area contributed by atoms with Crippen LogP contribution in [-0.4, -0.2) is 35.3 Å². The molecule has 1 saturated heterocycles. The number of aliphatic hydroxyl groups is 1. The zero-order valence-electron chi connectivity index (χ0n) is 18.9. The van der Waals surface area contributed by atoms with E-state index < -0.39 is 5.92 Å². The van der Waals surface area contributed by atoms with Crippen LogP contribution in [-0.2, 0) is 17.9 Å². The maximum Gasteiger partial charge on any atom is 0.258 e. The number of methoxy groups -OCH3 is 1. The van der Waals surface area contributed by atoms with Crippen LogP contribution in [0.1, 0.15) is 48.5 Å². The number of carbonyl (C=O) groups is 1. The van der Waals surface area contributed by atoms with E-state index in [9.17, 15) is 14.7 Å². The van der Waals surface area contributed by atoms with Crippen LogP contribution in [0.2, 0.25) is 0 Å². The molecule has 7 heteroatoms. The van der Waals surface area contributed by atoms with Gasteiger partial charge in [0.15, 0.2) is 0 Å². The molecular formula is C26H31N3O4. The van der Waals surface area contributed by atoms with Crippen molar-refractivity contribution in [2.24, 2.45) is 11.8 Å². The van der Waals surface area contributed by atoms with Crippen LogP contribution in [0.5, 0.6) is 5.75 Å². The normalized spacial score (nSPS) is 25.8. The molecule has 7 nitrogen and oxygen atoms in total. The molecular weight excluding hydrogens is 418 g/mol. The van der Waals surface area contributed by atoms with Gasteiger partial charge >= 0.3 is 0 Å². The van der Waals surface area contributed by atoms with E-state index in [4.69, 9.17) is 4.74 Å². The number of hydrogen-bond donors (Lipinski definition) is 3. The summed E-state index contributed by atoms with van der Waals surface area (Å²) < 4.78 is 7.09. The number of hydrogen-bond acceptors (Lipinski definition) is 5. The molecule has 1 aromatic carbocycles. The molecule has 0 radical (unpaired) electrons. The highest BCUT2D eigenvalue weighted by Crippen LogP contribution is 2.41. The molecule has 0 saturated carbocycles. The summed E-state index contributed by atoms with van der Waals surface area (Å²) in [6.07, 6.45) is 6.43. The number of ether oxygens (including phenoxy) is 1. The predicted molar refractivity (Wildman–Crippen MR) is 126 cm³/mol. The summed E-state index contributed by atoms with van der Waals surface area (Å²) in [5, 5.41) is 16.7. The van der Waals surface area contributed by atoms with Crippen molar-refractivity contribution < 1.29 is 14.6 Å². The number of rotatable bonds is 6. The summed E-state index contributed by atoms with van der Waals surface area (Å²) in [7, 11) is 1.61. The van der Waals surface area contributed by atoms with Gasteiger partial charge in [-0.1, -0.05) is 18.2 Å². The summed E-state index contributed by atoms with van der Waals surface area (Å²) in [6.45, 7) is 0.741. The quantitative estimate of drug-likeness (QED) is 0.630. The highest BCUT2D eigenvalue weighted by molar-refractivity contribution is 5.80. The van der Waals surface area contributed by atoms with E-state index in [-0.39, 0.29) is 36.1 Å². The van der Waals surface area contributed by atoms with Crippen molar-refractivity contribution in [2.75, 3.05) is 13.7 Å². The Morgan fingerprint density at radius 2 is 2.15 bits per heavy atom. The third kappa shape index (κ3) is 4.00. The fourth-order valence-electron chi connectivity index (χ4n) is 5.67. The number of amides is 1. The van der Waals surface area contributed by atoms with Crippen LogP contribution in [0.15, 0.2) is 47.3 Å². The molecule has 1 fully saturated rings. The molecule has 174 valence electrons. The van der Waals surface area contributed by atoms with E-state index in [2.05, 4.69) is 16.7 Å². The topological polar surface area (TPSA) is 92.6 Å². The van der Waals surface area contributed by atoms with E-state index in [1.807, 2.05) is 41.0 Å². The first-order valence-electron chi connectivity index (χ1n) is 11.8. The summed E-state index contributed by atoms with van der Waals surface area (Å²) in [6, 6.07) is 11.1. The highest BCUT2D eigenvalue weighted by atomic mass is 16.5. The molecule has 33 heavy (non-hydrogen) atoms. The van der Waals surface area contributed by atoms with Gasteiger partial charge in [-0.2, -0.15) is 0 Å². The second-order valence-corrected chi connectivity index (χ2v) is 9.26. The van der Waals surface area contributed by atoms with E-state index in [1.54, 1.807) is 7.11 Å². The van der Waals surface area contributed by atoms with Crippen LogP contribution in [0.4, 0.5) is 0 Å². The number of aliphatic hydroxyl groups excluding tert-OH is 1. The Labute approximate surface area is 193 Å². The number of allylic oxidation sites excluding steroid dienone is 2. The van der Waals surface area contributed by atoms with Gasteiger partial charge in [0, 0.05) is 42.9 Å². The third-order valence-corrected chi connectivity index (χ3v) is 7.39. The smallest absolute Gasteiger partial charge is 0.258 e. The SMILES string of the molecule is COc1cccc(CNC(=O)[C@@H]2[C@@H](CO)[C@@H]3Cn4c(ccc(C5=CCCCC5)c4=O)[C@H]2N3)c1. The Morgan fingerprint density at radius 3 is 2.91 bits per heavy atom. The molecule has 2 aromatic rings. The van der Waals surface area contributed by atoms with Crippen LogP contribution >= 0.6 is 0 Å². The number of carbonyl (C=O) groups excluding carboxylic acids is 1. The third-order valence-electron chi connectivity index (χ3n) is 7.39. The summed E-state index contributed by atoms with van der Waals surface area (Å²) >= 11 is 0. The second-order valence-electron chi connectivity index (χ2n) is 9.26. The molecule has 2 aliphatic heterocycles. The lowest BCUT2D eigenvalue weighted by molar-refractivity contribution is -0.127. The molecule has 1 aromatic heterocycles. The van der Waals surface area contributed by atoms with Crippen molar-refractivity contribution >= 4 is 11.5 Å². The monoisotopic (exact) mass is 449 g/mol. The minimum Gasteiger partial charge on any atom is -0.497 e. The molecule has 3 N–H and O–H groups in total. The molecule has 5 rings (SSSR count). The van der Waals surface area contributed by atoms with Crippen molar-refractivity contribution in [1.29, 1.82) is 0 Å². The molecule has 1 aliphatic carbocycles. The zero-order chi connectivity index (χ0) is 22.9. The number of nitrogens with zero attached hydrogens (tertiary/aromatic N) is 1.